The third-order valence-corrected chi connectivity index (χ3v) is 4.63. The summed E-state index contributed by atoms with van der Waals surface area (Å²) in [7, 11) is 0. The van der Waals surface area contributed by atoms with Crippen molar-refractivity contribution in [1.82, 2.24) is 4.72 Å². The molecule has 0 spiro atoms. The Bertz CT molecular complexity index is 500. The highest BCUT2D eigenvalue weighted by Gasteiger charge is 2.29. The normalized spacial score (nSPS) is 14.6. The Morgan fingerprint density at radius 1 is 1.48 bits per heavy atom. The molecule has 0 saturated carbocycles. The van der Waals surface area contributed by atoms with Gasteiger partial charge in [-0.05, 0) is 40.7 Å². The third-order valence-electron chi connectivity index (χ3n) is 2.95. The van der Waals surface area contributed by atoms with E-state index in [4.69, 9.17) is 4.74 Å². The SMILES string of the molecule is C=C(OCC)c1ccc([C@H](C)N[S+]([O-])C(C)(C)C)c(F)c1. The predicted octanol–water partition coefficient (Wildman–Crippen LogP) is 3.95. The number of halogens is 1. The van der Waals surface area contributed by atoms with Gasteiger partial charge in [-0.2, -0.15) is 0 Å². The number of hydrogen-bond donors (Lipinski definition) is 1. The lowest BCUT2D eigenvalue weighted by Crippen LogP contribution is -2.40. The van der Waals surface area contributed by atoms with Crippen LogP contribution in [-0.2, 0) is 16.1 Å². The molecular weight excluding hydrogens is 289 g/mol. The maximum absolute atomic E-state index is 14.2. The molecule has 0 fully saturated rings. The molecule has 2 atom stereocenters. The fourth-order valence-corrected chi connectivity index (χ4v) is 2.51. The van der Waals surface area contributed by atoms with Gasteiger partial charge in [0.1, 0.15) is 16.3 Å². The molecule has 1 N–H and O–H groups in total. The minimum atomic E-state index is -1.25. The van der Waals surface area contributed by atoms with Gasteiger partial charge in [0.25, 0.3) is 0 Å². The quantitative estimate of drug-likeness (QED) is 0.639. The molecule has 0 amide bonds. The van der Waals surface area contributed by atoms with Crippen molar-refractivity contribution in [1.29, 1.82) is 0 Å². The number of hydrogen-bond acceptors (Lipinski definition) is 3. The molecule has 21 heavy (non-hydrogen) atoms. The lowest BCUT2D eigenvalue weighted by molar-refractivity contribution is 0.299. The fourth-order valence-electron chi connectivity index (χ4n) is 1.71. The van der Waals surface area contributed by atoms with Crippen LogP contribution in [0.15, 0.2) is 24.8 Å². The zero-order valence-corrected chi connectivity index (χ0v) is 14.1. The van der Waals surface area contributed by atoms with Gasteiger partial charge in [-0.25, -0.2) is 4.39 Å². The van der Waals surface area contributed by atoms with Crippen molar-refractivity contribution >= 4 is 17.1 Å². The van der Waals surface area contributed by atoms with Gasteiger partial charge in [0.05, 0.1) is 12.6 Å². The molecule has 0 bridgehead atoms. The van der Waals surface area contributed by atoms with E-state index in [1.807, 2.05) is 27.7 Å². The summed E-state index contributed by atoms with van der Waals surface area (Å²) in [5, 5.41) is 0. The summed E-state index contributed by atoms with van der Waals surface area (Å²) in [6.45, 7) is 13.5. The zero-order chi connectivity index (χ0) is 16.2. The van der Waals surface area contributed by atoms with Gasteiger partial charge < -0.3 is 9.29 Å². The molecule has 1 aromatic rings. The Kier molecular flexibility index (Phi) is 6.25. The topological polar surface area (TPSA) is 44.3 Å². The van der Waals surface area contributed by atoms with Gasteiger partial charge in [-0.3, -0.25) is 0 Å². The van der Waals surface area contributed by atoms with Gasteiger partial charge in [-0.15, -0.1) is 4.72 Å². The van der Waals surface area contributed by atoms with Crippen LogP contribution in [0.4, 0.5) is 4.39 Å². The Hall–Kier alpha value is -1.04. The highest BCUT2D eigenvalue weighted by molar-refractivity contribution is 7.90. The molecular formula is C16H24FNO2S. The van der Waals surface area contributed by atoms with Crippen LogP contribution in [0.1, 0.15) is 51.8 Å². The second kappa shape index (κ2) is 7.29. The van der Waals surface area contributed by atoms with Gasteiger partial charge >= 0.3 is 0 Å². The first-order valence-electron chi connectivity index (χ1n) is 6.96. The largest absolute Gasteiger partial charge is 0.598 e. The van der Waals surface area contributed by atoms with Crippen LogP contribution in [0.3, 0.4) is 0 Å². The van der Waals surface area contributed by atoms with Crippen LogP contribution in [0, 0.1) is 5.82 Å². The van der Waals surface area contributed by atoms with Crippen molar-refractivity contribution < 1.29 is 13.7 Å². The monoisotopic (exact) mass is 313 g/mol. The highest BCUT2D eigenvalue weighted by Crippen LogP contribution is 2.24. The third kappa shape index (κ3) is 5.02. The first-order valence-corrected chi connectivity index (χ1v) is 8.11. The van der Waals surface area contributed by atoms with Crippen molar-refractivity contribution in [3.05, 3.63) is 41.7 Å². The summed E-state index contributed by atoms with van der Waals surface area (Å²) in [4.78, 5) is 0. The van der Waals surface area contributed by atoms with Crippen molar-refractivity contribution in [3.63, 3.8) is 0 Å². The van der Waals surface area contributed by atoms with Crippen molar-refractivity contribution in [3.8, 4) is 0 Å². The fraction of sp³-hybridized carbons (Fsp3) is 0.500. The summed E-state index contributed by atoms with van der Waals surface area (Å²) < 4.78 is 34.1. The molecule has 0 aliphatic heterocycles. The summed E-state index contributed by atoms with van der Waals surface area (Å²) in [5.74, 6) is 0.0843. The van der Waals surface area contributed by atoms with Crippen molar-refractivity contribution in [2.24, 2.45) is 0 Å². The van der Waals surface area contributed by atoms with Gasteiger partial charge in [0.2, 0.25) is 0 Å². The van der Waals surface area contributed by atoms with E-state index in [9.17, 15) is 8.94 Å². The Morgan fingerprint density at radius 2 is 2.10 bits per heavy atom. The molecule has 0 aliphatic carbocycles. The van der Waals surface area contributed by atoms with Crippen molar-refractivity contribution in [2.75, 3.05) is 6.61 Å². The maximum Gasteiger partial charge on any atom is 0.136 e. The van der Waals surface area contributed by atoms with Gasteiger partial charge in [0, 0.05) is 22.5 Å². The summed E-state index contributed by atoms with van der Waals surface area (Å²) in [5.41, 5.74) is 1.09. The van der Waals surface area contributed by atoms with Crippen LogP contribution in [0.25, 0.3) is 5.76 Å². The van der Waals surface area contributed by atoms with Gasteiger partial charge in [0.15, 0.2) is 0 Å². The number of ether oxygens (including phenoxy) is 1. The van der Waals surface area contributed by atoms with E-state index in [1.54, 1.807) is 19.1 Å². The average molecular weight is 313 g/mol. The smallest absolute Gasteiger partial charge is 0.136 e. The highest BCUT2D eigenvalue weighted by atomic mass is 32.2. The Labute approximate surface area is 129 Å². The van der Waals surface area contributed by atoms with E-state index < -0.39 is 16.1 Å². The van der Waals surface area contributed by atoms with Crippen LogP contribution in [0.2, 0.25) is 0 Å². The second-order valence-corrected chi connectivity index (χ2v) is 7.81. The van der Waals surface area contributed by atoms with E-state index in [2.05, 4.69) is 11.3 Å². The average Bonchev–Trinajstić information content (AvgIpc) is 2.37. The lowest BCUT2D eigenvalue weighted by Gasteiger charge is -2.26. The molecule has 1 rings (SSSR count). The second-order valence-electron chi connectivity index (χ2n) is 5.81. The maximum atomic E-state index is 14.2. The van der Waals surface area contributed by atoms with Crippen LogP contribution in [-0.4, -0.2) is 15.9 Å². The van der Waals surface area contributed by atoms with E-state index in [-0.39, 0.29) is 11.9 Å². The molecule has 5 heteroatoms. The first kappa shape index (κ1) is 18.0. The Balaban J connectivity index is 2.87. The standard InChI is InChI=1S/C16H24FNO2S/c1-7-20-12(3)13-8-9-14(15(17)10-13)11(2)18-21(19)16(4,5)6/h8-11,18H,3,7H2,1-2,4-6H3/t11-,21?/m0/s1. The molecule has 1 unspecified atom stereocenters. The van der Waals surface area contributed by atoms with E-state index in [1.165, 1.54) is 6.07 Å². The summed E-state index contributed by atoms with van der Waals surface area (Å²) >= 11 is -1.25. The minimum absolute atomic E-state index is 0.348. The molecule has 0 saturated heterocycles. The van der Waals surface area contributed by atoms with E-state index in [0.717, 1.165) is 0 Å². The number of nitrogens with one attached hydrogen (secondary N) is 1. The molecule has 0 radical (unpaired) electrons. The van der Waals surface area contributed by atoms with Crippen LogP contribution >= 0.6 is 0 Å². The summed E-state index contributed by atoms with van der Waals surface area (Å²) in [6.07, 6.45) is 0. The molecule has 0 heterocycles. The lowest BCUT2D eigenvalue weighted by atomic mass is 10.1. The van der Waals surface area contributed by atoms with E-state index >= 15 is 0 Å². The molecule has 1 aromatic carbocycles. The Morgan fingerprint density at radius 3 is 2.57 bits per heavy atom. The predicted molar refractivity (Wildman–Crippen MR) is 86.5 cm³/mol. The first-order chi connectivity index (χ1) is 9.66. The molecule has 0 aliphatic rings. The van der Waals surface area contributed by atoms with Crippen molar-refractivity contribution in [2.45, 2.75) is 45.4 Å². The van der Waals surface area contributed by atoms with Crippen LogP contribution in [0.5, 0.6) is 0 Å². The number of rotatable bonds is 6. The van der Waals surface area contributed by atoms with Crippen LogP contribution < -0.4 is 4.72 Å². The molecule has 118 valence electrons. The number of benzene rings is 1. The van der Waals surface area contributed by atoms with Gasteiger partial charge in [-0.1, -0.05) is 18.7 Å². The molecule has 3 nitrogen and oxygen atoms in total. The molecule has 0 aromatic heterocycles. The summed E-state index contributed by atoms with van der Waals surface area (Å²) in [6, 6.07) is 4.48. The van der Waals surface area contributed by atoms with E-state index in [0.29, 0.717) is 23.5 Å². The minimum Gasteiger partial charge on any atom is -0.598 e. The zero-order valence-electron chi connectivity index (χ0n) is 13.3.